The van der Waals surface area contributed by atoms with E-state index in [-0.39, 0.29) is 0 Å². The number of piperazine rings is 1. The molecule has 0 spiro atoms. The maximum Gasteiger partial charge on any atom is 0.115 e. The fourth-order valence-corrected chi connectivity index (χ4v) is 3.36. The Morgan fingerprint density at radius 1 is 1.28 bits per heavy atom. The number of rotatable bonds is 2. The van der Waals surface area contributed by atoms with Gasteiger partial charge in [-0.15, -0.1) is 0 Å². The fourth-order valence-electron chi connectivity index (χ4n) is 3.36. The first-order valence-corrected chi connectivity index (χ1v) is 7.01. The number of hydrogen-bond acceptors (Lipinski definition) is 3. The van der Waals surface area contributed by atoms with Gasteiger partial charge in [-0.1, -0.05) is 12.1 Å². The third-order valence-corrected chi connectivity index (χ3v) is 4.52. The summed E-state index contributed by atoms with van der Waals surface area (Å²) in [6.45, 7) is 7.07. The summed E-state index contributed by atoms with van der Waals surface area (Å²) < 4.78 is 0. The van der Waals surface area contributed by atoms with Gasteiger partial charge in [-0.2, -0.15) is 0 Å². The van der Waals surface area contributed by atoms with Gasteiger partial charge in [-0.3, -0.25) is 9.80 Å². The predicted octanol–water partition coefficient (Wildman–Crippen LogP) is 2.23. The predicted molar refractivity (Wildman–Crippen MR) is 72.7 cm³/mol. The van der Waals surface area contributed by atoms with E-state index in [0.29, 0.717) is 11.8 Å². The van der Waals surface area contributed by atoms with Crippen molar-refractivity contribution >= 4 is 0 Å². The highest BCUT2D eigenvalue weighted by Gasteiger charge is 2.32. The molecule has 0 saturated carbocycles. The molecule has 0 aliphatic carbocycles. The summed E-state index contributed by atoms with van der Waals surface area (Å²) in [7, 11) is 0. The van der Waals surface area contributed by atoms with Crippen LogP contribution in [0.4, 0.5) is 0 Å². The zero-order chi connectivity index (χ0) is 12.5. The third-order valence-electron chi connectivity index (χ3n) is 4.52. The van der Waals surface area contributed by atoms with Crippen molar-refractivity contribution in [3.05, 3.63) is 29.8 Å². The van der Waals surface area contributed by atoms with Gasteiger partial charge in [-0.05, 0) is 44.0 Å². The Morgan fingerprint density at radius 2 is 2.17 bits per heavy atom. The first-order chi connectivity index (χ1) is 8.74. The summed E-state index contributed by atoms with van der Waals surface area (Å²) >= 11 is 0. The molecule has 3 nitrogen and oxygen atoms in total. The molecule has 2 atom stereocenters. The van der Waals surface area contributed by atoms with E-state index in [4.69, 9.17) is 0 Å². The highest BCUT2D eigenvalue weighted by atomic mass is 16.3. The van der Waals surface area contributed by atoms with E-state index in [1.54, 1.807) is 6.07 Å². The Kier molecular flexibility index (Phi) is 3.27. The number of aromatic hydroxyl groups is 1. The lowest BCUT2D eigenvalue weighted by Crippen LogP contribution is -2.50. The van der Waals surface area contributed by atoms with Crippen LogP contribution in [0, 0.1) is 0 Å². The van der Waals surface area contributed by atoms with Gasteiger partial charge in [0.1, 0.15) is 5.75 Å². The van der Waals surface area contributed by atoms with Crippen molar-refractivity contribution in [1.82, 2.24) is 9.80 Å². The molecule has 0 radical (unpaired) electrons. The minimum absolute atomic E-state index is 0.374. The number of benzene rings is 1. The zero-order valence-corrected chi connectivity index (χ0v) is 11.0. The largest absolute Gasteiger partial charge is 0.508 e. The molecule has 2 heterocycles. The summed E-state index contributed by atoms with van der Waals surface area (Å²) in [6.07, 6.45) is 2.71. The van der Waals surface area contributed by atoms with Crippen LogP contribution in [0.15, 0.2) is 24.3 Å². The molecule has 18 heavy (non-hydrogen) atoms. The number of phenolic OH excluding ortho intramolecular Hbond substituents is 1. The number of phenols is 1. The molecule has 2 saturated heterocycles. The molecule has 1 aromatic rings. The van der Waals surface area contributed by atoms with Gasteiger partial charge in [0.25, 0.3) is 0 Å². The molecular weight excluding hydrogens is 224 g/mol. The van der Waals surface area contributed by atoms with Crippen LogP contribution in [-0.2, 0) is 0 Å². The van der Waals surface area contributed by atoms with Crippen LogP contribution >= 0.6 is 0 Å². The second kappa shape index (κ2) is 4.90. The molecule has 98 valence electrons. The minimum Gasteiger partial charge on any atom is -0.508 e. The Labute approximate surface area is 109 Å². The number of hydrogen-bond donors (Lipinski definition) is 1. The average molecular weight is 246 g/mol. The van der Waals surface area contributed by atoms with Crippen molar-refractivity contribution in [1.29, 1.82) is 0 Å². The normalized spacial score (nSPS) is 27.1. The van der Waals surface area contributed by atoms with Gasteiger partial charge in [0.15, 0.2) is 0 Å². The first kappa shape index (κ1) is 12.0. The summed E-state index contributed by atoms with van der Waals surface area (Å²) in [6, 6.07) is 8.85. The molecule has 0 bridgehead atoms. The van der Waals surface area contributed by atoms with E-state index in [0.717, 1.165) is 12.6 Å². The van der Waals surface area contributed by atoms with E-state index >= 15 is 0 Å². The Hall–Kier alpha value is -1.06. The van der Waals surface area contributed by atoms with Gasteiger partial charge in [0, 0.05) is 31.7 Å². The smallest absolute Gasteiger partial charge is 0.115 e. The Balaban J connectivity index is 1.71. The number of nitrogens with zero attached hydrogens (tertiary/aromatic N) is 2. The number of fused-ring (bicyclic) bond motifs is 1. The van der Waals surface area contributed by atoms with Crippen LogP contribution < -0.4 is 0 Å². The second-order valence-corrected chi connectivity index (χ2v) is 5.60. The van der Waals surface area contributed by atoms with Crippen molar-refractivity contribution < 1.29 is 5.11 Å². The quantitative estimate of drug-likeness (QED) is 0.867. The van der Waals surface area contributed by atoms with Crippen molar-refractivity contribution in [3.8, 4) is 5.75 Å². The molecule has 2 aliphatic rings. The molecule has 3 rings (SSSR count). The van der Waals surface area contributed by atoms with E-state index in [1.807, 2.05) is 12.1 Å². The lowest BCUT2D eigenvalue weighted by Gasteiger charge is -2.40. The van der Waals surface area contributed by atoms with Crippen molar-refractivity contribution in [2.24, 2.45) is 0 Å². The Bertz CT molecular complexity index is 421. The fraction of sp³-hybridized carbons (Fsp3) is 0.600. The minimum atomic E-state index is 0.374. The van der Waals surface area contributed by atoms with E-state index in [9.17, 15) is 5.11 Å². The lowest BCUT2D eigenvalue weighted by molar-refractivity contribution is 0.0770. The van der Waals surface area contributed by atoms with Crippen molar-refractivity contribution in [2.75, 3.05) is 26.2 Å². The van der Waals surface area contributed by atoms with Crippen LogP contribution in [0.2, 0.25) is 0 Å². The zero-order valence-electron chi connectivity index (χ0n) is 11.0. The van der Waals surface area contributed by atoms with Gasteiger partial charge in [-0.25, -0.2) is 0 Å². The van der Waals surface area contributed by atoms with Gasteiger partial charge in [0.05, 0.1) is 0 Å². The SMILES string of the molecule is CC(c1cccc(O)c1)N1CCN2CCCC2C1. The van der Waals surface area contributed by atoms with Gasteiger partial charge < -0.3 is 5.11 Å². The molecule has 3 heteroatoms. The summed E-state index contributed by atoms with van der Waals surface area (Å²) in [4.78, 5) is 5.19. The highest BCUT2D eigenvalue weighted by molar-refractivity contribution is 5.29. The Morgan fingerprint density at radius 3 is 3.00 bits per heavy atom. The summed E-state index contributed by atoms with van der Waals surface area (Å²) in [5.41, 5.74) is 1.22. The molecule has 2 unspecified atom stereocenters. The van der Waals surface area contributed by atoms with Crippen LogP contribution in [0.1, 0.15) is 31.4 Å². The molecule has 0 amide bonds. The lowest BCUT2D eigenvalue weighted by atomic mass is 10.0. The van der Waals surface area contributed by atoms with Crippen LogP contribution in [0.5, 0.6) is 5.75 Å². The molecule has 1 N–H and O–H groups in total. The topological polar surface area (TPSA) is 26.7 Å². The van der Waals surface area contributed by atoms with Crippen LogP contribution in [-0.4, -0.2) is 47.1 Å². The maximum absolute atomic E-state index is 9.58. The van der Waals surface area contributed by atoms with E-state index in [1.165, 1.54) is 38.0 Å². The van der Waals surface area contributed by atoms with Gasteiger partial charge in [0.2, 0.25) is 0 Å². The summed E-state index contributed by atoms with van der Waals surface area (Å²) in [5.74, 6) is 0.374. The van der Waals surface area contributed by atoms with Crippen LogP contribution in [0.3, 0.4) is 0 Å². The van der Waals surface area contributed by atoms with Crippen molar-refractivity contribution in [2.45, 2.75) is 31.8 Å². The highest BCUT2D eigenvalue weighted by Crippen LogP contribution is 2.28. The standard InChI is InChI=1S/C15H22N2O/c1-12(13-4-2-6-15(18)10-13)17-9-8-16-7-3-5-14(16)11-17/h2,4,6,10,12,14,18H,3,5,7-9,11H2,1H3. The second-order valence-electron chi connectivity index (χ2n) is 5.60. The molecule has 0 aromatic heterocycles. The monoisotopic (exact) mass is 246 g/mol. The van der Waals surface area contributed by atoms with Gasteiger partial charge >= 0.3 is 0 Å². The molecular formula is C15H22N2O. The van der Waals surface area contributed by atoms with Crippen LogP contribution in [0.25, 0.3) is 0 Å². The van der Waals surface area contributed by atoms with E-state index in [2.05, 4.69) is 22.8 Å². The summed E-state index contributed by atoms with van der Waals surface area (Å²) in [5, 5.41) is 9.58. The average Bonchev–Trinajstić information content (AvgIpc) is 2.85. The molecule has 2 fully saturated rings. The molecule has 1 aromatic carbocycles. The van der Waals surface area contributed by atoms with E-state index < -0.39 is 0 Å². The third kappa shape index (κ3) is 2.25. The molecule has 2 aliphatic heterocycles. The maximum atomic E-state index is 9.58. The first-order valence-electron chi connectivity index (χ1n) is 7.01. The van der Waals surface area contributed by atoms with Crippen molar-refractivity contribution in [3.63, 3.8) is 0 Å².